The topological polar surface area (TPSA) is 86.8 Å². The molecule has 0 fully saturated rings. The number of nitrogens with zero attached hydrogens (tertiary/aromatic N) is 2. The maximum atomic E-state index is 13.8. The first-order valence-electron chi connectivity index (χ1n) is 11.1. The van der Waals surface area contributed by atoms with Crippen LogP contribution in [-0.2, 0) is 32.6 Å². The standard InChI is InChI=1S/C26H27Br2N3O4S/c1-29-26(33)24(16-19-9-4-3-5-10-19)30(17-20-11-8-12-21(27)15-20)25(32)18-31(36(2,34)35)23-14-7-6-13-22(23)28/h3-15,24H,16-18H2,1-2H3,(H,29,33)/t24-/m0/s1. The zero-order valence-electron chi connectivity index (χ0n) is 19.9. The lowest BCUT2D eigenvalue weighted by Gasteiger charge is -2.33. The lowest BCUT2D eigenvalue weighted by atomic mass is 10.0. The molecule has 0 aromatic heterocycles. The highest BCUT2D eigenvalue weighted by Crippen LogP contribution is 2.28. The molecule has 0 bridgehead atoms. The van der Waals surface area contributed by atoms with E-state index < -0.39 is 28.5 Å². The fraction of sp³-hybridized carbons (Fsp3) is 0.231. The summed E-state index contributed by atoms with van der Waals surface area (Å²) in [5, 5.41) is 2.66. The van der Waals surface area contributed by atoms with E-state index in [0.717, 1.165) is 26.2 Å². The van der Waals surface area contributed by atoms with Gasteiger partial charge in [-0.1, -0.05) is 70.5 Å². The van der Waals surface area contributed by atoms with Crippen LogP contribution in [0.3, 0.4) is 0 Å². The number of para-hydroxylation sites is 1. The van der Waals surface area contributed by atoms with Gasteiger partial charge in [-0.2, -0.15) is 0 Å². The van der Waals surface area contributed by atoms with Crippen LogP contribution < -0.4 is 9.62 Å². The number of rotatable bonds is 10. The van der Waals surface area contributed by atoms with Gasteiger partial charge in [0, 0.05) is 29.0 Å². The molecular weight excluding hydrogens is 610 g/mol. The summed E-state index contributed by atoms with van der Waals surface area (Å²) >= 11 is 6.84. The van der Waals surface area contributed by atoms with E-state index in [4.69, 9.17) is 0 Å². The Morgan fingerprint density at radius 3 is 2.17 bits per heavy atom. The van der Waals surface area contributed by atoms with Gasteiger partial charge in [0.15, 0.2) is 0 Å². The van der Waals surface area contributed by atoms with Crippen molar-refractivity contribution < 1.29 is 18.0 Å². The maximum absolute atomic E-state index is 13.8. The van der Waals surface area contributed by atoms with Gasteiger partial charge in [0.05, 0.1) is 11.9 Å². The predicted molar refractivity (Wildman–Crippen MR) is 149 cm³/mol. The van der Waals surface area contributed by atoms with Crippen molar-refractivity contribution in [3.8, 4) is 0 Å². The minimum atomic E-state index is -3.81. The monoisotopic (exact) mass is 635 g/mol. The number of nitrogens with one attached hydrogen (secondary N) is 1. The molecule has 0 spiro atoms. The van der Waals surface area contributed by atoms with E-state index in [1.54, 1.807) is 24.3 Å². The molecule has 0 aliphatic rings. The summed E-state index contributed by atoms with van der Waals surface area (Å²) in [6.07, 6.45) is 1.33. The van der Waals surface area contributed by atoms with Crippen molar-refractivity contribution in [2.45, 2.75) is 19.0 Å². The molecule has 0 saturated heterocycles. The minimum absolute atomic E-state index is 0.122. The largest absolute Gasteiger partial charge is 0.357 e. The molecule has 1 atom stereocenters. The number of likely N-dealkylation sites (N-methyl/N-ethyl adjacent to an activating group) is 1. The van der Waals surface area contributed by atoms with Gasteiger partial charge in [-0.05, 0) is 51.3 Å². The average molecular weight is 637 g/mol. The number of benzene rings is 3. The van der Waals surface area contributed by atoms with Crippen LogP contribution in [0.2, 0.25) is 0 Å². The quantitative estimate of drug-likeness (QED) is 0.358. The normalized spacial score (nSPS) is 12.0. The summed E-state index contributed by atoms with van der Waals surface area (Å²) < 4.78 is 27.9. The number of halogens is 2. The van der Waals surface area contributed by atoms with Crippen LogP contribution in [0.4, 0.5) is 5.69 Å². The third kappa shape index (κ3) is 7.41. The molecule has 10 heteroatoms. The second kappa shape index (κ2) is 12.5. The number of hydrogen-bond acceptors (Lipinski definition) is 4. The van der Waals surface area contributed by atoms with Crippen molar-refractivity contribution in [3.05, 3.63) is 98.9 Å². The van der Waals surface area contributed by atoms with Crippen LogP contribution in [0.1, 0.15) is 11.1 Å². The number of sulfonamides is 1. The lowest BCUT2D eigenvalue weighted by molar-refractivity contribution is -0.139. The molecule has 36 heavy (non-hydrogen) atoms. The molecule has 3 rings (SSSR count). The fourth-order valence-corrected chi connectivity index (χ4v) is 5.73. The van der Waals surface area contributed by atoms with Crippen LogP contribution in [0.5, 0.6) is 0 Å². The Labute approximate surface area is 228 Å². The summed E-state index contributed by atoms with van der Waals surface area (Å²) in [6.45, 7) is -0.339. The Balaban J connectivity index is 2.04. The molecule has 190 valence electrons. The molecule has 3 aromatic carbocycles. The smallest absolute Gasteiger partial charge is 0.244 e. The van der Waals surface area contributed by atoms with Gasteiger partial charge >= 0.3 is 0 Å². The molecule has 0 aliphatic carbocycles. The van der Waals surface area contributed by atoms with Gasteiger partial charge in [0.25, 0.3) is 0 Å². The number of anilines is 1. The second-order valence-corrected chi connectivity index (χ2v) is 11.9. The van der Waals surface area contributed by atoms with Crippen molar-refractivity contribution in [3.63, 3.8) is 0 Å². The Kier molecular flexibility index (Phi) is 9.69. The molecule has 2 amide bonds. The summed E-state index contributed by atoms with van der Waals surface area (Å²) in [5.74, 6) is -0.838. The van der Waals surface area contributed by atoms with Crippen molar-refractivity contribution in [2.75, 3.05) is 24.2 Å². The number of carbonyl (C=O) groups excluding carboxylic acids is 2. The van der Waals surface area contributed by atoms with E-state index in [2.05, 4.69) is 37.2 Å². The van der Waals surface area contributed by atoms with Gasteiger partial charge in [0.2, 0.25) is 21.8 Å². The molecule has 3 aromatic rings. The highest BCUT2D eigenvalue weighted by Gasteiger charge is 2.33. The van der Waals surface area contributed by atoms with Gasteiger partial charge < -0.3 is 10.2 Å². The van der Waals surface area contributed by atoms with E-state index in [9.17, 15) is 18.0 Å². The van der Waals surface area contributed by atoms with Crippen molar-refractivity contribution >= 4 is 59.4 Å². The Morgan fingerprint density at radius 2 is 1.56 bits per heavy atom. The number of hydrogen-bond donors (Lipinski definition) is 1. The van der Waals surface area contributed by atoms with Crippen molar-refractivity contribution in [1.82, 2.24) is 10.2 Å². The molecular formula is C26H27Br2N3O4S. The molecule has 0 heterocycles. The fourth-order valence-electron chi connectivity index (χ4n) is 3.80. The first-order chi connectivity index (χ1) is 17.1. The maximum Gasteiger partial charge on any atom is 0.244 e. The second-order valence-electron chi connectivity index (χ2n) is 8.19. The van der Waals surface area contributed by atoms with E-state index in [1.165, 1.54) is 11.9 Å². The van der Waals surface area contributed by atoms with Gasteiger partial charge in [-0.25, -0.2) is 8.42 Å². The molecule has 0 radical (unpaired) electrons. The molecule has 0 unspecified atom stereocenters. The SMILES string of the molecule is CNC(=O)[C@H](Cc1ccccc1)N(Cc1cccc(Br)c1)C(=O)CN(c1ccccc1Br)S(C)(=O)=O. The number of amides is 2. The summed E-state index contributed by atoms with van der Waals surface area (Å²) in [7, 11) is -2.29. The highest BCUT2D eigenvalue weighted by atomic mass is 79.9. The van der Waals surface area contributed by atoms with E-state index in [-0.39, 0.29) is 18.9 Å². The van der Waals surface area contributed by atoms with Crippen LogP contribution in [0.15, 0.2) is 87.8 Å². The van der Waals surface area contributed by atoms with Crippen molar-refractivity contribution in [1.29, 1.82) is 0 Å². The van der Waals surface area contributed by atoms with Crippen molar-refractivity contribution in [2.24, 2.45) is 0 Å². The predicted octanol–water partition coefficient (Wildman–Crippen LogP) is 4.36. The molecule has 1 N–H and O–H groups in total. The van der Waals surface area contributed by atoms with Gasteiger partial charge in [-0.3, -0.25) is 13.9 Å². The van der Waals surface area contributed by atoms with E-state index in [0.29, 0.717) is 10.2 Å². The number of carbonyl (C=O) groups is 2. The van der Waals surface area contributed by atoms with Crippen LogP contribution >= 0.6 is 31.9 Å². The summed E-state index contributed by atoms with van der Waals surface area (Å²) in [5.41, 5.74) is 2.02. The van der Waals surface area contributed by atoms with Gasteiger partial charge in [-0.15, -0.1) is 0 Å². The summed E-state index contributed by atoms with van der Waals surface area (Å²) in [6, 6.07) is 22.8. The Morgan fingerprint density at radius 1 is 0.917 bits per heavy atom. The van der Waals surface area contributed by atoms with Crippen LogP contribution in [0, 0.1) is 0 Å². The average Bonchev–Trinajstić information content (AvgIpc) is 2.84. The minimum Gasteiger partial charge on any atom is -0.357 e. The van der Waals surface area contributed by atoms with Gasteiger partial charge in [0.1, 0.15) is 12.6 Å². The third-order valence-corrected chi connectivity index (χ3v) is 7.85. The molecule has 0 aliphatic heterocycles. The zero-order valence-corrected chi connectivity index (χ0v) is 23.9. The Bertz CT molecular complexity index is 1320. The lowest BCUT2D eigenvalue weighted by Crippen LogP contribution is -2.52. The molecule has 0 saturated carbocycles. The van der Waals surface area contributed by atoms with E-state index >= 15 is 0 Å². The first kappa shape index (κ1) is 27.9. The van der Waals surface area contributed by atoms with Crippen LogP contribution in [0.25, 0.3) is 0 Å². The van der Waals surface area contributed by atoms with Crippen LogP contribution in [-0.4, -0.2) is 51.0 Å². The highest BCUT2D eigenvalue weighted by molar-refractivity contribution is 9.10. The Hall–Kier alpha value is -2.69. The molecule has 7 nitrogen and oxygen atoms in total. The zero-order chi connectivity index (χ0) is 26.3. The summed E-state index contributed by atoms with van der Waals surface area (Å²) in [4.78, 5) is 28.4. The third-order valence-electron chi connectivity index (χ3n) is 5.56. The van der Waals surface area contributed by atoms with E-state index in [1.807, 2.05) is 54.6 Å². The first-order valence-corrected chi connectivity index (χ1v) is 14.5.